The second-order valence-electron chi connectivity index (χ2n) is 11.4. The molecule has 1 aliphatic rings. The fourth-order valence-electron chi connectivity index (χ4n) is 5.35. The van der Waals surface area contributed by atoms with E-state index >= 15 is 0 Å². The maximum Gasteiger partial charge on any atom is 0.306 e. The maximum absolute atomic E-state index is 12.6. The Kier molecular flexibility index (Phi) is 17.1. The molecule has 1 fully saturated rings. The quantitative estimate of drug-likeness (QED) is 0.0870. The number of unbranched alkanes of at least 4 members (excludes halogenated alkanes) is 1. The minimum Gasteiger partial charge on any atom is -0.463 e. The van der Waals surface area contributed by atoms with Crippen LogP contribution in [0.25, 0.3) is 0 Å². The lowest BCUT2D eigenvalue weighted by Crippen LogP contribution is -2.26. The van der Waals surface area contributed by atoms with E-state index in [4.69, 9.17) is 24.4 Å². The number of aliphatic hydroxyl groups is 3. The highest BCUT2D eigenvalue weighted by Gasteiger charge is 2.34. The second-order valence-corrected chi connectivity index (χ2v) is 11.4. The fraction of sp³-hybridized carbons (Fsp3) is 0.667. The Hall–Kier alpha value is -2.75. The van der Waals surface area contributed by atoms with Crippen molar-refractivity contribution in [2.24, 2.45) is 11.8 Å². The SMILES string of the molecule is CC(C)OC(=O)CCC/C=C\C[C@@H]1[C@@H](CC[C@H](CCc2ccccc2)OC(=O)CCC(=O)OC(CO)CO)CC[C@@H]1O. The summed E-state index contributed by atoms with van der Waals surface area (Å²) in [5, 5.41) is 28.8. The Morgan fingerprint density at radius 3 is 2.14 bits per heavy atom. The number of carbonyl (C=O) groups excluding carboxylic acids is 3. The summed E-state index contributed by atoms with van der Waals surface area (Å²) < 4.78 is 15.9. The van der Waals surface area contributed by atoms with Gasteiger partial charge in [0, 0.05) is 6.42 Å². The first-order chi connectivity index (χ1) is 20.2. The lowest BCUT2D eigenvalue weighted by Gasteiger charge is -2.24. The summed E-state index contributed by atoms with van der Waals surface area (Å²) in [5.74, 6) is -0.889. The van der Waals surface area contributed by atoms with Crippen molar-refractivity contribution in [3.05, 3.63) is 48.0 Å². The molecular weight excluding hydrogens is 540 g/mol. The minimum absolute atomic E-state index is 0.100. The van der Waals surface area contributed by atoms with Gasteiger partial charge >= 0.3 is 17.9 Å². The standard InChI is InChI=1S/C33H50O9/c1-24(2)40-31(37)13-9-4-3-8-12-29-26(16-19-30(29)36)15-18-27(17-14-25-10-6-5-7-11-25)41-32(38)20-21-33(39)42-28(22-34)23-35/h3,5-8,10-11,24,26-30,34-36H,4,9,12-23H2,1-2H3/b8-3-/t26-,27-,29+,30-/m0/s1. The van der Waals surface area contributed by atoms with E-state index in [2.05, 4.69) is 12.2 Å². The number of rotatable bonds is 20. The molecule has 0 heterocycles. The number of aliphatic hydroxyl groups excluding tert-OH is 3. The number of allylic oxidation sites excluding steroid dienone is 2. The van der Waals surface area contributed by atoms with E-state index in [-0.39, 0.29) is 43.0 Å². The lowest BCUT2D eigenvalue weighted by molar-refractivity contribution is -0.158. The summed E-state index contributed by atoms with van der Waals surface area (Å²) in [5.41, 5.74) is 1.15. The summed E-state index contributed by atoms with van der Waals surface area (Å²) >= 11 is 0. The highest BCUT2D eigenvalue weighted by molar-refractivity contribution is 5.77. The van der Waals surface area contributed by atoms with Gasteiger partial charge in [0.05, 0.1) is 38.3 Å². The molecule has 0 saturated heterocycles. The summed E-state index contributed by atoms with van der Waals surface area (Å²) in [4.78, 5) is 36.3. The number of esters is 3. The molecule has 0 spiro atoms. The van der Waals surface area contributed by atoms with E-state index in [1.54, 1.807) is 0 Å². The Balaban J connectivity index is 1.86. The molecule has 0 aromatic heterocycles. The molecule has 0 unspecified atom stereocenters. The molecule has 1 aliphatic carbocycles. The summed E-state index contributed by atoms with van der Waals surface area (Å²) in [6.45, 7) is 2.70. The van der Waals surface area contributed by atoms with Crippen molar-refractivity contribution >= 4 is 17.9 Å². The third-order valence-corrected chi connectivity index (χ3v) is 7.62. The van der Waals surface area contributed by atoms with Crippen molar-refractivity contribution in [3.8, 4) is 0 Å². The van der Waals surface area contributed by atoms with Crippen molar-refractivity contribution in [2.45, 2.75) is 115 Å². The van der Waals surface area contributed by atoms with Crippen LogP contribution in [0.15, 0.2) is 42.5 Å². The average molecular weight is 591 g/mol. The van der Waals surface area contributed by atoms with Crippen LogP contribution in [0.2, 0.25) is 0 Å². The molecule has 0 bridgehead atoms. The monoisotopic (exact) mass is 590 g/mol. The normalized spacial score (nSPS) is 19.4. The zero-order chi connectivity index (χ0) is 30.7. The second kappa shape index (κ2) is 20.2. The molecule has 9 nitrogen and oxygen atoms in total. The number of aryl methyl sites for hydroxylation is 1. The zero-order valence-electron chi connectivity index (χ0n) is 25.2. The Morgan fingerprint density at radius 2 is 1.50 bits per heavy atom. The van der Waals surface area contributed by atoms with Crippen LogP contribution in [0.4, 0.5) is 0 Å². The number of carbonyl (C=O) groups is 3. The van der Waals surface area contributed by atoms with E-state index in [1.807, 2.05) is 44.2 Å². The Morgan fingerprint density at radius 1 is 0.857 bits per heavy atom. The molecule has 236 valence electrons. The van der Waals surface area contributed by atoms with Crippen molar-refractivity contribution < 1.29 is 43.9 Å². The van der Waals surface area contributed by atoms with Crippen LogP contribution in [0.1, 0.15) is 90.0 Å². The third-order valence-electron chi connectivity index (χ3n) is 7.62. The highest BCUT2D eigenvalue weighted by atomic mass is 16.6. The van der Waals surface area contributed by atoms with Gasteiger partial charge in [-0.15, -0.1) is 0 Å². The molecule has 1 aromatic carbocycles. The van der Waals surface area contributed by atoms with Crippen LogP contribution in [-0.2, 0) is 35.0 Å². The molecule has 0 amide bonds. The average Bonchev–Trinajstić information content (AvgIpc) is 3.32. The van der Waals surface area contributed by atoms with Crippen LogP contribution >= 0.6 is 0 Å². The van der Waals surface area contributed by atoms with E-state index in [0.717, 1.165) is 50.5 Å². The molecule has 0 radical (unpaired) electrons. The van der Waals surface area contributed by atoms with E-state index < -0.39 is 31.3 Å². The van der Waals surface area contributed by atoms with Crippen LogP contribution in [-0.4, -0.2) is 70.9 Å². The molecule has 3 N–H and O–H groups in total. The van der Waals surface area contributed by atoms with Crippen LogP contribution in [0.5, 0.6) is 0 Å². The largest absolute Gasteiger partial charge is 0.463 e. The topological polar surface area (TPSA) is 140 Å². The van der Waals surface area contributed by atoms with Crippen LogP contribution in [0.3, 0.4) is 0 Å². The van der Waals surface area contributed by atoms with E-state index in [0.29, 0.717) is 25.2 Å². The smallest absolute Gasteiger partial charge is 0.306 e. The van der Waals surface area contributed by atoms with Crippen molar-refractivity contribution in [1.29, 1.82) is 0 Å². The van der Waals surface area contributed by atoms with Gasteiger partial charge in [-0.05, 0) is 89.0 Å². The molecule has 1 saturated carbocycles. The molecular formula is C33H50O9. The summed E-state index contributed by atoms with van der Waals surface area (Å²) in [6, 6.07) is 9.98. The summed E-state index contributed by atoms with van der Waals surface area (Å²) in [6.07, 6.45) is 9.29. The van der Waals surface area contributed by atoms with Gasteiger partial charge in [0.2, 0.25) is 0 Å². The number of hydrogen-bond acceptors (Lipinski definition) is 9. The van der Waals surface area contributed by atoms with E-state index in [9.17, 15) is 19.5 Å². The first-order valence-corrected chi connectivity index (χ1v) is 15.4. The molecule has 9 heteroatoms. The zero-order valence-corrected chi connectivity index (χ0v) is 25.2. The molecule has 42 heavy (non-hydrogen) atoms. The van der Waals surface area contributed by atoms with Gasteiger partial charge in [0.25, 0.3) is 0 Å². The van der Waals surface area contributed by atoms with Crippen molar-refractivity contribution in [2.75, 3.05) is 13.2 Å². The molecule has 2 rings (SSSR count). The Bertz CT molecular complexity index is 942. The van der Waals surface area contributed by atoms with Crippen LogP contribution in [0, 0.1) is 11.8 Å². The van der Waals surface area contributed by atoms with Gasteiger partial charge in [-0.1, -0.05) is 42.5 Å². The fourth-order valence-corrected chi connectivity index (χ4v) is 5.35. The molecule has 4 atom stereocenters. The van der Waals surface area contributed by atoms with Gasteiger partial charge < -0.3 is 29.5 Å². The predicted molar refractivity (Wildman–Crippen MR) is 158 cm³/mol. The van der Waals surface area contributed by atoms with Crippen molar-refractivity contribution in [3.63, 3.8) is 0 Å². The molecule has 0 aliphatic heterocycles. The van der Waals surface area contributed by atoms with E-state index in [1.165, 1.54) is 0 Å². The summed E-state index contributed by atoms with van der Waals surface area (Å²) in [7, 11) is 0. The third kappa shape index (κ3) is 14.4. The minimum atomic E-state index is -0.995. The number of benzene rings is 1. The van der Waals surface area contributed by atoms with Crippen LogP contribution < -0.4 is 0 Å². The highest BCUT2D eigenvalue weighted by Crippen LogP contribution is 2.38. The number of ether oxygens (including phenoxy) is 3. The maximum atomic E-state index is 12.6. The van der Waals surface area contributed by atoms with Gasteiger partial charge in [-0.2, -0.15) is 0 Å². The molecule has 1 aromatic rings. The first-order valence-electron chi connectivity index (χ1n) is 15.4. The van der Waals surface area contributed by atoms with Gasteiger partial charge in [-0.3, -0.25) is 14.4 Å². The Labute approximate surface area is 250 Å². The van der Waals surface area contributed by atoms with Gasteiger partial charge in [-0.25, -0.2) is 0 Å². The number of hydrogen-bond donors (Lipinski definition) is 3. The van der Waals surface area contributed by atoms with Crippen molar-refractivity contribution in [1.82, 2.24) is 0 Å². The van der Waals surface area contributed by atoms with Gasteiger partial charge in [0.15, 0.2) is 0 Å². The first kappa shape index (κ1) is 35.4. The van der Waals surface area contributed by atoms with Gasteiger partial charge in [0.1, 0.15) is 12.2 Å². The lowest BCUT2D eigenvalue weighted by atomic mass is 9.86. The predicted octanol–water partition coefficient (Wildman–Crippen LogP) is 4.44.